The Morgan fingerprint density at radius 3 is 3.00 bits per heavy atom. The molecule has 5 heteroatoms. The van der Waals surface area contributed by atoms with Crippen molar-refractivity contribution in [2.24, 2.45) is 5.73 Å². The molecule has 0 radical (unpaired) electrons. The number of aryl methyl sites for hydroxylation is 1. The normalized spacial score (nSPS) is 13.2. The summed E-state index contributed by atoms with van der Waals surface area (Å²) >= 11 is 0. The minimum absolute atomic E-state index is 0.292. The highest BCUT2D eigenvalue weighted by molar-refractivity contribution is 4.92. The maximum atomic E-state index is 5.71. The summed E-state index contributed by atoms with van der Waals surface area (Å²) in [6.07, 6.45) is 1.79. The van der Waals surface area contributed by atoms with Crippen LogP contribution >= 0.6 is 0 Å². The second kappa shape index (κ2) is 4.94. The molecule has 1 heterocycles. The van der Waals surface area contributed by atoms with Crippen LogP contribution in [0.4, 0.5) is 0 Å². The van der Waals surface area contributed by atoms with Crippen LogP contribution in [0.3, 0.4) is 0 Å². The second-order valence-corrected chi connectivity index (χ2v) is 2.86. The fraction of sp³-hybridized carbons (Fsp3) is 0.750. The van der Waals surface area contributed by atoms with Gasteiger partial charge < -0.3 is 15.0 Å². The van der Waals surface area contributed by atoms with E-state index >= 15 is 0 Å². The van der Waals surface area contributed by atoms with Crippen molar-refractivity contribution >= 4 is 0 Å². The molecule has 0 fully saturated rings. The lowest BCUT2D eigenvalue weighted by Crippen LogP contribution is -2.17. The molecule has 0 saturated carbocycles. The lowest BCUT2D eigenvalue weighted by molar-refractivity contribution is 0.177. The van der Waals surface area contributed by atoms with Gasteiger partial charge in [-0.3, -0.25) is 0 Å². The van der Waals surface area contributed by atoms with Crippen molar-refractivity contribution in [2.45, 2.75) is 25.8 Å². The molecule has 0 aliphatic carbocycles. The Morgan fingerprint density at radius 1 is 1.62 bits per heavy atom. The van der Waals surface area contributed by atoms with E-state index in [2.05, 4.69) is 17.1 Å². The second-order valence-electron chi connectivity index (χ2n) is 2.86. The van der Waals surface area contributed by atoms with Gasteiger partial charge in [0.1, 0.15) is 0 Å². The third kappa shape index (κ3) is 2.78. The smallest absolute Gasteiger partial charge is 0.226 e. The first kappa shape index (κ1) is 10.1. The van der Waals surface area contributed by atoms with Crippen LogP contribution in [0.1, 0.15) is 31.1 Å². The van der Waals surface area contributed by atoms with Crippen LogP contribution in [0, 0.1) is 0 Å². The summed E-state index contributed by atoms with van der Waals surface area (Å²) < 4.78 is 9.86. The van der Waals surface area contributed by atoms with Crippen LogP contribution in [-0.4, -0.2) is 23.9 Å². The number of methoxy groups -OCH3 is 1. The molecule has 0 amide bonds. The Morgan fingerprint density at radius 2 is 2.38 bits per heavy atom. The molecule has 0 spiro atoms. The lowest BCUT2D eigenvalue weighted by atomic mass is 10.3. The Kier molecular flexibility index (Phi) is 3.85. The van der Waals surface area contributed by atoms with E-state index in [-0.39, 0.29) is 6.04 Å². The molecule has 0 aliphatic heterocycles. The summed E-state index contributed by atoms with van der Waals surface area (Å²) in [5, 5.41) is 3.76. The fourth-order valence-electron chi connectivity index (χ4n) is 0.988. The number of nitrogens with two attached hydrogens (primary N) is 1. The summed E-state index contributed by atoms with van der Waals surface area (Å²) in [6, 6.07) is -0.292. The van der Waals surface area contributed by atoms with Crippen molar-refractivity contribution in [1.29, 1.82) is 0 Å². The van der Waals surface area contributed by atoms with Gasteiger partial charge in [-0.2, -0.15) is 4.98 Å². The van der Waals surface area contributed by atoms with Gasteiger partial charge in [-0.25, -0.2) is 0 Å². The van der Waals surface area contributed by atoms with E-state index in [1.54, 1.807) is 7.11 Å². The molecule has 0 saturated heterocycles. The molecular formula is C8H15N3O2. The van der Waals surface area contributed by atoms with E-state index in [0.717, 1.165) is 12.8 Å². The highest BCUT2D eigenvalue weighted by Crippen LogP contribution is 2.07. The van der Waals surface area contributed by atoms with Crippen molar-refractivity contribution < 1.29 is 9.26 Å². The van der Waals surface area contributed by atoms with Crippen LogP contribution in [-0.2, 0) is 11.2 Å². The summed E-state index contributed by atoms with van der Waals surface area (Å²) in [6.45, 7) is 2.46. The summed E-state index contributed by atoms with van der Waals surface area (Å²) in [5.74, 6) is 1.16. The third-order valence-corrected chi connectivity index (χ3v) is 1.63. The van der Waals surface area contributed by atoms with E-state index in [9.17, 15) is 0 Å². The number of rotatable bonds is 5. The zero-order valence-corrected chi connectivity index (χ0v) is 7.99. The monoisotopic (exact) mass is 185 g/mol. The van der Waals surface area contributed by atoms with Crippen molar-refractivity contribution in [3.05, 3.63) is 11.7 Å². The van der Waals surface area contributed by atoms with Gasteiger partial charge in [0.2, 0.25) is 5.89 Å². The predicted octanol–water partition coefficient (Wildman–Crippen LogP) is 0.668. The number of hydrogen-bond donors (Lipinski definition) is 1. The van der Waals surface area contributed by atoms with Gasteiger partial charge in [0.25, 0.3) is 0 Å². The molecule has 1 atom stereocenters. The largest absolute Gasteiger partial charge is 0.383 e. The molecule has 0 aliphatic rings. The molecule has 0 aromatic carbocycles. The molecule has 74 valence electrons. The molecule has 5 nitrogen and oxygen atoms in total. The van der Waals surface area contributed by atoms with Crippen LogP contribution in [0.15, 0.2) is 4.52 Å². The SMILES string of the molecule is CCCc1nc(C(N)COC)no1. The van der Waals surface area contributed by atoms with E-state index in [4.69, 9.17) is 15.0 Å². The maximum absolute atomic E-state index is 5.71. The average Bonchev–Trinajstić information content (AvgIpc) is 2.54. The molecule has 1 aromatic rings. The zero-order valence-electron chi connectivity index (χ0n) is 7.99. The first-order valence-electron chi connectivity index (χ1n) is 4.35. The van der Waals surface area contributed by atoms with Gasteiger partial charge in [0.15, 0.2) is 5.82 Å². The Bertz CT molecular complexity index is 249. The van der Waals surface area contributed by atoms with Crippen LogP contribution in [0.5, 0.6) is 0 Å². The zero-order chi connectivity index (χ0) is 9.68. The highest BCUT2D eigenvalue weighted by atomic mass is 16.5. The van der Waals surface area contributed by atoms with Crippen LogP contribution < -0.4 is 5.73 Å². The topological polar surface area (TPSA) is 74.2 Å². The number of aromatic nitrogens is 2. The van der Waals surface area contributed by atoms with Crippen molar-refractivity contribution in [3.63, 3.8) is 0 Å². The molecule has 2 N–H and O–H groups in total. The van der Waals surface area contributed by atoms with Gasteiger partial charge in [0, 0.05) is 13.5 Å². The minimum Gasteiger partial charge on any atom is -0.383 e. The van der Waals surface area contributed by atoms with Crippen LogP contribution in [0.2, 0.25) is 0 Å². The molecule has 13 heavy (non-hydrogen) atoms. The Labute approximate surface area is 77.3 Å². The summed E-state index contributed by atoms with van der Waals surface area (Å²) in [5.41, 5.74) is 5.71. The molecule has 0 bridgehead atoms. The number of nitrogens with zero attached hydrogens (tertiary/aromatic N) is 2. The fourth-order valence-corrected chi connectivity index (χ4v) is 0.988. The van der Waals surface area contributed by atoms with Crippen LogP contribution in [0.25, 0.3) is 0 Å². The third-order valence-electron chi connectivity index (χ3n) is 1.63. The van der Waals surface area contributed by atoms with Gasteiger partial charge in [-0.1, -0.05) is 12.1 Å². The predicted molar refractivity (Wildman–Crippen MR) is 47.1 cm³/mol. The van der Waals surface area contributed by atoms with E-state index in [0.29, 0.717) is 18.3 Å². The molecule has 1 rings (SSSR count). The first-order valence-corrected chi connectivity index (χ1v) is 4.35. The van der Waals surface area contributed by atoms with Gasteiger partial charge >= 0.3 is 0 Å². The van der Waals surface area contributed by atoms with E-state index < -0.39 is 0 Å². The number of hydrogen-bond acceptors (Lipinski definition) is 5. The van der Waals surface area contributed by atoms with Crippen molar-refractivity contribution in [1.82, 2.24) is 10.1 Å². The lowest BCUT2D eigenvalue weighted by Gasteiger charge is -2.02. The van der Waals surface area contributed by atoms with Crippen molar-refractivity contribution in [2.75, 3.05) is 13.7 Å². The molecular weight excluding hydrogens is 170 g/mol. The maximum Gasteiger partial charge on any atom is 0.226 e. The van der Waals surface area contributed by atoms with Gasteiger partial charge in [-0.05, 0) is 6.42 Å². The molecule has 1 aromatic heterocycles. The van der Waals surface area contributed by atoms with Gasteiger partial charge in [-0.15, -0.1) is 0 Å². The Balaban J connectivity index is 2.56. The average molecular weight is 185 g/mol. The van der Waals surface area contributed by atoms with Crippen molar-refractivity contribution in [3.8, 4) is 0 Å². The minimum atomic E-state index is -0.292. The number of ether oxygens (including phenoxy) is 1. The quantitative estimate of drug-likeness (QED) is 0.729. The highest BCUT2D eigenvalue weighted by Gasteiger charge is 2.12. The van der Waals surface area contributed by atoms with E-state index in [1.807, 2.05) is 0 Å². The summed E-state index contributed by atoms with van der Waals surface area (Å²) in [7, 11) is 1.59. The molecule has 1 unspecified atom stereocenters. The first-order chi connectivity index (χ1) is 6.27. The van der Waals surface area contributed by atoms with Gasteiger partial charge in [0.05, 0.1) is 12.6 Å². The Hall–Kier alpha value is -0.940. The standard InChI is InChI=1S/C8H15N3O2/c1-3-4-7-10-8(11-13-7)6(9)5-12-2/h6H,3-5,9H2,1-2H3. The van der Waals surface area contributed by atoms with E-state index in [1.165, 1.54) is 0 Å². The summed E-state index contributed by atoms with van der Waals surface area (Å²) in [4.78, 5) is 4.14.